The quantitative estimate of drug-likeness (QED) is 0.330. The fraction of sp³-hybridized carbons (Fsp3) is 1.00. The van der Waals surface area contributed by atoms with Gasteiger partial charge in [-0.05, 0) is 0 Å². The fourth-order valence-electron chi connectivity index (χ4n) is 1.21. The van der Waals surface area contributed by atoms with Gasteiger partial charge in [0, 0.05) is 24.8 Å². The molecule has 15 heavy (non-hydrogen) atoms. The zero-order valence-corrected chi connectivity index (χ0v) is 10.3. The van der Waals surface area contributed by atoms with E-state index in [2.05, 4.69) is 9.97 Å². The lowest BCUT2D eigenvalue weighted by molar-refractivity contribution is -0.281. The summed E-state index contributed by atoms with van der Waals surface area (Å²) in [4.78, 5) is 4.01. The number of nitrogens with zero attached hydrogens (tertiary/aromatic N) is 1. The summed E-state index contributed by atoms with van der Waals surface area (Å²) in [5.41, 5.74) is 0. The largest absolute Gasteiger partial charge is 0.345 e. The van der Waals surface area contributed by atoms with Crippen molar-refractivity contribution in [3.05, 3.63) is 0 Å². The first-order chi connectivity index (χ1) is 7.16. The van der Waals surface area contributed by atoms with E-state index in [-0.39, 0.29) is 6.61 Å². The zero-order chi connectivity index (χ0) is 11.3. The molecule has 0 aromatic rings. The number of alkyl halides is 2. The molecule has 0 aromatic heterocycles. The van der Waals surface area contributed by atoms with E-state index in [9.17, 15) is 4.57 Å². The van der Waals surface area contributed by atoms with E-state index in [1.165, 1.54) is 4.67 Å². The third-order valence-electron chi connectivity index (χ3n) is 1.89. The van der Waals surface area contributed by atoms with Crippen molar-refractivity contribution in [2.45, 2.75) is 6.23 Å². The molecule has 0 aromatic carbocycles. The molecule has 9 heteroatoms. The van der Waals surface area contributed by atoms with Crippen molar-refractivity contribution < 1.29 is 19.2 Å². The highest BCUT2D eigenvalue weighted by Crippen LogP contribution is 2.50. The molecule has 1 saturated heterocycles. The van der Waals surface area contributed by atoms with E-state index in [1.807, 2.05) is 0 Å². The maximum atomic E-state index is 12.1. The standard InChI is InChI=1S/C6H13Cl2N2O4P/c7-1-3-10(4-2-8)15(12)9-6(14-11)5-13-15/h6,11H,1-5H2,(H,9,12). The summed E-state index contributed by atoms with van der Waals surface area (Å²) < 4.78 is 18.7. The zero-order valence-electron chi connectivity index (χ0n) is 7.94. The Bertz CT molecular complexity index is 239. The highest BCUT2D eigenvalue weighted by molar-refractivity contribution is 7.54. The monoisotopic (exact) mass is 278 g/mol. The summed E-state index contributed by atoms with van der Waals surface area (Å²) in [6.07, 6.45) is -0.774. The highest BCUT2D eigenvalue weighted by atomic mass is 35.5. The average Bonchev–Trinajstić information content (AvgIpc) is 2.61. The van der Waals surface area contributed by atoms with Crippen LogP contribution in [0.3, 0.4) is 0 Å². The van der Waals surface area contributed by atoms with Gasteiger partial charge in [-0.25, -0.2) is 14.6 Å². The SMILES string of the molecule is O=P1(N(CCCl)CCCl)NC(OO)CO1. The van der Waals surface area contributed by atoms with Gasteiger partial charge < -0.3 is 4.52 Å². The first-order valence-corrected chi connectivity index (χ1v) is 7.01. The Morgan fingerprint density at radius 1 is 1.53 bits per heavy atom. The van der Waals surface area contributed by atoms with Gasteiger partial charge in [-0.3, -0.25) is 9.82 Å². The Balaban J connectivity index is 2.61. The van der Waals surface area contributed by atoms with Crippen LogP contribution in [0.4, 0.5) is 0 Å². The minimum atomic E-state index is -3.16. The summed E-state index contributed by atoms with van der Waals surface area (Å²) in [5, 5.41) is 11.0. The molecule has 0 aliphatic carbocycles. The third-order valence-corrected chi connectivity index (χ3v) is 4.49. The van der Waals surface area contributed by atoms with E-state index >= 15 is 0 Å². The van der Waals surface area contributed by atoms with Gasteiger partial charge in [0.05, 0.1) is 6.61 Å². The lowest BCUT2D eigenvalue weighted by Gasteiger charge is -2.25. The van der Waals surface area contributed by atoms with Crippen molar-refractivity contribution >= 4 is 30.9 Å². The summed E-state index contributed by atoms with van der Waals surface area (Å²) in [5.74, 6) is 0.632. The van der Waals surface area contributed by atoms with E-state index in [0.717, 1.165) is 0 Å². The van der Waals surface area contributed by atoms with Crippen LogP contribution in [0.15, 0.2) is 0 Å². The van der Waals surface area contributed by atoms with Gasteiger partial charge in [0.15, 0.2) is 6.23 Å². The third kappa shape index (κ3) is 3.54. The summed E-state index contributed by atoms with van der Waals surface area (Å²) in [6.45, 7) is 0.794. The van der Waals surface area contributed by atoms with Crippen LogP contribution in [-0.4, -0.2) is 47.6 Å². The molecule has 0 bridgehead atoms. The van der Waals surface area contributed by atoms with Crippen LogP contribution in [-0.2, 0) is 14.0 Å². The van der Waals surface area contributed by atoms with Crippen LogP contribution in [0.5, 0.6) is 0 Å². The minimum Gasteiger partial charge on any atom is -0.302 e. The van der Waals surface area contributed by atoms with Crippen LogP contribution in [0, 0.1) is 0 Å². The molecule has 1 rings (SSSR count). The molecule has 0 amide bonds. The minimum absolute atomic E-state index is 0.0227. The lowest BCUT2D eigenvalue weighted by Crippen LogP contribution is -2.32. The predicted molar refractivity (Wildman–Crippen MR) is 57.2 cm³/mol. The Morgan fingerprint density at radius 3 is 2.53 bits per heavy atom. The predicted octanol–water partition coefficient (Wildman–Crippen LogP) is 1.31. The van der Waals surface area contributed by atoms with Gasteiger partial charge in [-0.1, -0.05) is 0 Å². The van der Waals surface area contributed by atoms with Crippen LogP contribution in [0.25, 0.3) is 0 Å². The summed E-state index contributed by atoms with van der Waals surface area (Å²) >= 11 is 11.1. The molecule has 2 unspecified atom stereocenters. The van der Waals surface area contributed by atoms with Crippen LogP contribution in [0.1, 0.15) is 0 Å². The number of rotatable bonds is 6. The van der Waals surface area contributed by atoms with Gasteiger partial charge >= 0.3 is 7.67 Å². The van der Waals surface area contributed by atoms with E-state index in [0.29, 0.717) is 24.8 Å². The summed E-state index contributed by atoms with van der Waals surface area (Å²) in [6, 6.07) is 0. The molecule has 6 nitrogen and oxygen atoms in total. The Kier molecular flexibility index (Phi) is 5.81. The van der Waals surface area contributed by atoms with Crippen LogP contribution in [0.2, 0.25) is 0 Å². The van der Waals surface area contributed by atoms with Gasteiger partial charge in [0.25, 0.3) is 0 Å². The van der Waals surface area contributed by atoms with Crippen molar-refractivity contribution in [3.63, 3.8) is 0 Å². The average molecular weight is 279 g/mol. The summed E-state index contributed by atoms with van der Waals surface area (Å²) in [7, 11) is -3.16. The van der Waals surface area contributed by atoms with Gasteiger partial charge in [0.1, 0.15) is 0 Å². The second kappa shape index (κ2) is 6.37. The van der Waals surface area contributed by atoms with Crippen molar-refractivity contribution in [1.82, 2.24) is 9.76 Å². The van der Waals surface area contributed by atoms with E-state index in [1.54, 1.807) is 0 Å². The molecule has 0 saturated carbocycles. The molecule has 0 spiro atoms. The Morgan fingerprint density at radius 2 is 2.13 bits per heavy atom. The number of nitrogens with one attached hydrogen (secondary N) is 1. The Hall–Kier alpha value is 0.610. The topological polar surface area (TPSA) is 71.0 Å². The van der Waals surface area contributed by atoms with Gasteiger partial charge in [-0.15, -0.1) is 23.2 Å². The molecule has 2 atom stereocenters. The van der Waals surface area contributed by atoms with E-state index in [4.69, 9.17) is 33.0 Å². The second-order valence-electron chi connectivity index (χ2n) is 2.87. The lowest BCUT2D eigenvalue weighted by atomic mass is 10.6. The van der Waals surface area contributed by atoms with Crippen molar-refractivity contribution in [2.24, 2.45) is 0 Å². The normalized spacial score (nSPS) is 31.3. The van der Waals surface area contributed by atoms with E-state index < -0.39 is 13.9 Å². The molecule has 1 heterocycles. The maximum absolute atomic E-state index is 12.1. The number of halogens is 2. The van der Waals surface area contributed by atoms with Gasteiger partial charge in [-0.2, -0.15) is 0 Å². The molecule has 90 valence electrons. The van der Waals surface area contributed by atoms with Crippen molar-refractivity contribution in [3.8, 4) is 0 Å². The van der Waals surface area contributed by atoms with Gasteiger partial charge in [0.2, 0.25) is 0 Å². The smallest absolute Gasteiger partial charge is 0.302 e. The second-order valence-corrected chi connectivity index (χ2v) is 5.75. The molecule has 1 aliphatic rings. The molecular formula is C6H13Cl2N2O4P. The van der Waals surface area contributed by atoms with Crippen molar-refractivity contribution in [2.75, 3.05) is 31.5 Å². The molecule has 1 fully saturated rings. The molecule has 2 N–H and O–H groups in total. The van der Waals surface area contributed by atoms with Crippen molar-refractivity contribution in [1.29, 1.82) is 0 Å². The first-order valence-electron chi connectivity index (χ1n) is 4.36. The van der Waals surface area contributed by atoms with Crippen LogP contribution >= 0.6 is 30.9 Å². The van der Waals surface area contributed by atoms with Crippen LogP contribution < -0.4 is 5.09 Å². The molecule has 1 aliphatic heterocycles. The number of hydrogen-bond donors (Lipinski definition) is 2. The molecular weight excluding hydrogens is 266 g/mol. The highest BCUT2D eigenvalue weighted by Gasteiger charge is 2.40. The fourth-order valence-corrected chi connectivity index (χ4v) is 3.81. The maximum Gasteiger partial charge on any atom is 0.345 e. The number of hydrogen-bond acceptors (Lipinski definition) is 4. The first kappa shape index (κ1) is 13.7. The molecule has 0 radical (unpaired) electrons. The Labute approximate surface area is 97.9 Å².